The minimum absolute atomic E-state index is 0.173. The van der Waals surface area contributed by atoms with E-state index in [1.807, 2.05) is 26.0 Å². The van der Waals surface area contributed by atoms with Crippen LogP contribution < -0.4 is 0 Å². The lowest BCUT2D eigenvalue weighted by Gasteiger charge is -2.17. The summed E-state index contributed by atoms with van der Waals surface area (Å²) in [6.07, 6.45) is -0.374. The van der Waals surface area contributed by atoms with Gasteiger partial charge < -0.3 is 9.47 Å². The van der Waals surface area contributed by atoms with Gasteiger partial charge in [-0.1, -0.05) is 18.1 Å². The molecule has 0 atom stereocenters. The molecule has 0 heterocycles. The molecule has 18 heavy (non-hydrogen) atoms. The zero-order valence-electron chi connectivity index (χ0n) is 11.0. The molecular formula is C15H18O3. The van der Waals surface area contributed by atoms with Crippen LogP contribution in [0.2, 0.25) is 0 Å². The molecule has 0 aliphatic rings. The SMILES string of the molecule is CC#CC(=O)c1ccc(C(OCC)OCC)cc1. The van der Waals surface area contributed by atoms with Gasteiger partial charge in [0.15, 0.2) is 6.29 Å². The fraction of sp³-hybridized carbons (Fsp3) is 0.400. The first-order valence-electron chi connectivity index (χ1n) is 6.03. The van der Waals surface area contributed by atoms with Gasteiger partial charge in [0, 0.05) is 24.3 Å². The predicted octanol–water partition coefficient (Wildman–Crippen LogP) is 2.96. The summed E-state index contributed by atoms with van der Waals surface area (Å²) in [7, 11) is 0. The second kappa shape index (κ2) is 7.65. The lowest BCUT2D eigenvalue weighted by molar-refractivity contribution is -0.140. The number of Topliss-reactive ketones (excluding diaryl/α,β-unsaturated/α-hetero) is 1. The summed E-state index contributed by atoms with van der Waals surface area (Å²) in [6, 6.07) is 7.15. The average molecular weight is 246 g/mol. The van der Waals surface area contributed by atoms with Crippen molar-refractivity contribution in [3.05, 3.63) is 35.4 Å². The van der Waals surface area contributed by atoms with Crippen LogP contribution in [0.3, 0.4) is 0 Å². The van der Waals surface area contributed by atoms with Crippen molar-refractivity contribution in [3.63, 3.8) is 0 Å². The van der Waals surface area contributed by atoms with E-state index in [0.29, 0.717) is 18.8 Å². The van der Waals surface area contributed by atoms with Gasteiger partial charge in [-0.2, -0.15) is 0 Å². The van der Waals surface area contributed by atoms with Crippen molar-refractivity contribution in [1.29, 1.82) is 0 Å². The number of benzene rings is 1. The first-order valence-corrected chi connectivity index (χ1v) is 6.03. The largest absolute Gasteiger partial charge is 0.349 e. The molecule has 0 aliphatic carbocycles. The van der Waals surface area contributed by atoms with E-state index in [9.17, 15) is 4.79 Å². The number of hydrogen-bond donors (Lipinski definition) is 0. The zero-order chi connectivity index (χ0) is 13.4. The average Bonchev–Trinajstić information content (AvgIpc) is 2.39. The molecule has 0 bridgehead atoms. The summed E-state index contributed by atoms with van der Waals surface area (Å²) in [5.74, 6) is 4.93. The molecule has 3 heteroatoms. The quantitative estimate of drug-likeness (QED) is 0.335. The van der Waals surface area contributed by atoms with Gasteiger partial charge in [-0.25, -0.2) is 0 Å². The molecule has 1 aromatic rings. The van der Waals surface area contributed by atoms with Gasteiger partial charge >= 0.3 is 0 Å². The maximum absolute atomic E-state index is 11.5. The molecule has 0 spiro atoms. The Kier molecular flexibility index (Phi) is 6.13. The van der Waals surface area contributed by atoms with Gasteiger partial charge in [0.05, 0.1) is 0 Å². The number of ketones is 1. The maximum Gasteiger partial charge on any atom is 0.235 e. The van der Waals surface area contributed by atoms with Crippen LogP contribution in [0.25, 0.3) is 0 Å². The highest BCUT2D eigenvalue weighted by atomic mass is 16.7. The first-order chi connectivity index (χ1) is 8.72. The highest BCUT2D eigenvalue weighted by Gasteiger charge is 2.11. The number of hydrogen-bond acceptors (Lipinski definition) is 3. The summed E-state index contributed by atoms with van der Waals surface area (Å²) in [4.78, 5) is 11.5. The monoisotopic (exact) mass is 246 g/mol. The van der Waals surface area contributed by atoms with Crippen LogP contribution in [0.4, 0.5) is 0 Å². The Labute approximate surface area is 108 Å². The van der Waals surface area contributed by atoms with E-state index in [0.717, 1.165) is 5.56 Å². The standard InChI is InChI=1S/C15H18O3/c1-4-7-14(16)12-8-10-13(11-9-12)15(17-5-2)18-6-3/h8-11,15H,5-6H2,1-3H3. The highest BCUT2D eigenvalue weighted by Crippen LogP contribution is 2.19. The van der Waals surface area contributed by atoms with E-state index >= 15 is 0 Å². The predicted molar refractivity (Wildman–Crippen MR) is 70.2 cm³/mol. The van der Waals surface area contributed by atoms with Crippen molar-refractivity contribution < 1.29 is 14.3 Å². The molecule has 96 valence electrons. The molecule has 0 N–H and O–H groups in total. The minimum atomic E-state index is -0.374. The van der Waals surface area contributed by atoms with Crippen molar-refractivity contribution in [2.45, 2.75) is 27.1 Å². The van der Waals surface area contributed by atoms with Crippen LogP contribution in [0.5, 0.6) is 0 Å². The number of ether oxygens (including phenoxy) is 2. The first kappa shape index (κ1) is 14.4. The topological polar surface area (TPSA) is 35.5 Å². The van der Waals surface area contributed by atoms with Gasteiger partial charge in [-0.15, -0.1) is 0 Å². The van der Waals surface area contributed by atoms with E-state index in [1.54, 1.807) is 19.1 Å². The lowest BCUT2D eigenvalue weighted by atomic mass is 10.1. The number of carbonyl (C=O) groups is 1. The molecule has 0 aromatic heterocycles. The Bertz CT molecular complexity index is 431. The van der Waals surface area contributed by atoms with Gasteiger partial charge in [0.2, 0.25) is 5.78 Å². The van der Waals surface area contributed by atoms with Gasteiger partial charge in [0.1, 0.15) is 0 Å². The fourth-order valence-electron chi connectivity index (χ4n) is 1.52. The molecule has 0 unspecified atom stereocenters. The van der Waals surface area contributed by atoms with Crippen LogP contribution in [0.15, 0.2) is 24.3 Å². The fourth-order valence-corrected chi connectivity index (χ4v) is 1.52. The third-order valence-corrected chi connectivity index (χ3v) is 2.32. The second-order valence-electron chi connectivity index (χ2n) is 3.57. The van der Waals surface area contributed by atoms with Crippen molar-refractivity contribution in [1.82, 2.24) is 0 Å². The van der Waals surface area contributed by atoms with Crippen molar-refractivity contribution >= 4 is 5.78 Å². The maximum atomic E-state index is 11.5. The Morgan fingerprint density at radius 3 is 2.17 bits per heavy atom. The third kappa shape index (κ3) is 3.99. The van der Waals surface area contributed by atoms with E-state index in [1.165, 1.54) is 0 Å². The Balaban J connectivity index is 2.84. The second-order valence-corrected chi connectivity index (χ2v) is 3.57. The summed E-state index contributed by atoms with van der Waals surface area (Å²) in [5.41, 5.74) is 1.49. The Hall–Kier alpha value is -1.63. The smallest absolute Gasteiger partial charge is 0.235 e. The van der Waals surface area contributed by atoms with Crippen LogP contribution in [-0.2, 0) is 9.47 Å². The Morgan fingerprint density at radius 1 is 1.17 bits per heavy atom. The molecule has 0 saturated carbocycles. The molecule has 0 fully saturated rings. The van der Waals surface area contributed by atoms with E-state index in [2.05, 4.69) is 11.8 Å². The summed E-state index contributed by atoms with van der Waals surface area (Å²) in [5, 5.41) is 0. The zero-order valence-corrected chi connectivity index (χ0v) is 11.0. The van der Waals surface area contributed by atoms with E-state index in [-0.39, 0.29) is 12.1 Å². The summed E-state index contributed by atoms with van der Waals surface area (Å²) < 4.78 is 11.0. The van der Waals surface area contributed by atoms with E-state index in [4.69, 9.17) is 9.47 Å². The van der Waals surface area contributed by atoms with Crippen LogP contribution in [-0.4, -0.2) is 19.0 Å². The molecule has 1 aromatic carbocycles. The normalized spacial score (nSPS) is 10.0. The lowest BCUT2D eigenvalue weighted by Crippen LogP contribution is -2.09. The molecule has 0 aliphatic heterocycles. The molecule has 0 radical (unpaired) electrons. The van der Waals surface area contributed by atoms with Gasteiger partial charge in [0.25, 0.3) is 0 Å². The molecule has 0 amide bonds. The van der Waals surface area contributed by atoms with Crippen LogP contribution in [0, 0.1) is 11.8 Å². The molecule has 1 rings (SSSR count). The summed E-state index contributed by atoms with van der Waals surface area (Å²) in [6.45, 7) is 6.63. The van der Waals surface area contributed by atoms with E-state index < -0.39 is 0 Å². The van der Waals surface area contributed by atoms with Crippen LogP contribution in [0.1, 0.15) is 43.0 Å². The van der Waals surface area contributed by atoms with Crippen LogP contribution >= 0.6 is 0 Å². The summed E-state index contributed by atoms with van der Waals surface area (Å²) >= 11 is 0. The number of carbonyl (C=O) groups excluding carboxylic acids is 1. The third-order valence-electron chi connectivity index (χ3n) is 2.32. The Morgan fingerprint density at radius 2 is 1.72 bits per heavy atom. The van der Waals surface area contributed by atoms with Gasteiger partial charge in [-0.05, 0) is 38.8 Å². The molecule has 3 nitrogen and oxygen atoms in total. The van der Waals surface area contributed by atoms with Crippen molar-refractivity contribution in [2.75, 3.05) is 13.2 Å². The minimum Gasteiger partial charge on any atom is -0.349 e. The van der Waals surface area contributed by atoms with Crippen molar-refractivity contribution in [3.8, 4) is 11.8 Å². The number of rotatable bonds is 6. The van der Waals surface area contributed by atoms with Crippen molar-refractivity contribution in [2.24, 2.45) is 0 Å². The molecular weight excluding hydrogens is 228 g/mol. The molecule has 0 saturated heterocycles. The highest BCUT2D eigenvalue weighted by molar-refractivity contribution is 6.08. The van der Waals surface area contributed by atoms with Gasteiger partial charge in [-0.3, -0.25) is 4.79 Å².